The standard InChI is InChI=1S/C12H18F2N2S/c1-16(6-7-17-2)11(8-15)9-4-3-5-10(13)12(9)14/h3-5,11H,6-8,15H2,1-2H3. The highest BCUT2D eigenvalue weighted by Gasteiger charge is 2.20. The summed E-state index contributed by atoms with van der Waals surface area (Å²) in [7, 11) is 1.87. The van der Waals surface area contributed by atoms with E-state index in [4.69, 9.17) is 5.73 Å². The second kappa shape index (κ2) is 6.93. The van der Waals surface area contributed by atoms with Gasteiger partial charge in [-0.2, -0.15) is 11.8 Å². The first-order chi connectivity index (χ1) is 8.11. The lowest BCUT2D eigenvalue weighted by atomic mass is 10.0. The summed E-state index contributed by atoms with van der Waals surface area (Å²) >= 11 is 1.71. The number of nitrogens with two attached hydrogens (primary N) is 1. The van der Waals surface area contributed by atoms with Crippen molar-refractivity contribution in [2.75, 3.05) is 32.1 Å². The van der Waals surface area contributed by atoms with Crippen LogP contribution in [0.4, 0.5) is 8.78 Å². The fourth-order valence-electron chi connectivity index (χ4n) is 1.71. The van der Waals surface area contributed by atoms with E-state index in [0.717, 1.165) is 18.4 Å². The molecule has 1 aromatic carbocycles. The van der Waals surface area contributed by atoms with Crippen molar-refractivity contribution < 1.29 is 8.78 Å². The fourth-order valence-corrected chi connectivity index (χ4v) is 2.18. The Morgan fingerprint density at radius 1 is 1.41 bits per heavy atom. The zero-order chi connectivity index (χ0) is 12.8. The van der Waals surface area contributed by atoms with Crippen molar-refractivity contribution in [3.8, 4) is 0 Å². The normalized spacial score (nSPS) is 13.1. The summed E-state index contributed by atoms with van der Waals surface area (Å²) in [5, 5.41) is 0. The van der Waals surface area contributed by atoms with Gasteiger partial charge in [0.05, 0.1) is 0 Å². The summed E-state index contributed by atoms with van der Waals surface area (Å²) in [6.45, 7) is 1.06. The predicted molar refractivity (Wildman–Crippen MR) is 69.2 cm³/mol. The SMILES string of the molecule is CSCCN(C)C(CN)c1cccc(F)c1F. The maximum Gasteiger partial charge on any atom is 0.163 e. The first-order valence-electron chi connectivity index (χ1n) is 5.45. The van der Waals surface area contributed by atoms with Crippen molar-refractivity contribution in [1.29, 1.82) is 0 Å². The van der Waals surface area contributed by atoms with Crippen LogP contribution in [0.3, 0.4) is 0 Å². The van der Waals surface area contributed by atoms with Gasteiger partial charge in [0.15, 0.2) is 11.6 Å². The number of thioether (sulfide) groups is 1. The van der Waals surface area contributed by atoms with Crippen LogP contribution in [0.2, 0.25) is 0 Å². The number of hydrogen-bond acceptors (Lipinski definition) is 3. The van der Waals surface area contributed by atoms with Crippen LogP contribution >= 0.6 is 11.8 Å². The lowest BCUT2D eigenvalue weighted by Gasteiger charge is -2.27. The molecule has 5 heteroatoms. The van der Waals surface area contributed by atoms with Gasteiger partial charge in [-0.25, -0.2) is 8.78 Å². The average Bonchev–Trinajstić information content (AvgIpc) is 2.32. The van der Waals surface area contributed by atoms with Gasteiger partial charge in [0.1, 0.15) is 0 Å². The van der Waals surface area contributed by atoms with Crippen molar-refractivity contribution in [2.45, 2.75) is 6.04 Å². The van der Waals surface area contributed by atoms with E-state index in [1.54, 1.807) is 17.8 Å². The summed E-state index contributed by atoms with van der Waals surface area (Å²) < 4.78 is 26.8. The maximum absolute atomic E-state index is 13.7. The smallest absolute Gasteiger partial charge is 0.163 e. The number of likely N-dealkylation sites (N-methyl/N-ethyl adjacent to an activating group) is 1. The molecule has 1 aromatic rings. The zero-order valence-corrected chi connectivity index (χ0v) is 10.9. The van der Waals surface area contributed by atoms with Crippen LogP contribution in [-0.2, 0) is 0 Å². The molecule has 0 spiro atoms. The van der Waals surface area contributed by atoms with Crippen LogP contribution in [0.15, 0.2) is 18.2 Å². The highest BCUT2D eigenvalue weighted by atomic mass is 32.2. The molecule has 0 aliphatic carbocycles. The van der Waals surface area contributed by atoms with Gasteiger partial charge in [-0.15, -0.1) is 0 Å². The summed E-state index contributed by atoms with van der Waals surface area (Å²) in [4.78, 5) is 1.95. The number of benzene rings is 1. The Labute approximate surface area is 105 Å². The molecule has 1 unspecified atom stereocenters. The number of rotatable bonds is 6. The van der Waals surface area contributed by atoms with Crippen molar-refractivity contribution in [2.24, 2.45) is 5.73 Å². The van der Waals surface area contributed by atoms with E-state index in [1.165, 1.54) is 6.07 Å². The van der Waals surface area contributed by atoms with E-state index in [0.29, 0.717) is 5.56 Å². The van der Waals surface area contributed by atoms with E-state index in [2.05, 4.69) is 0 Å². The van der Waals surface area contributed by atoms with Gasteiger partial charge in [0, 0.05) is 30.4 Å². The van der Waals surface area contributed by atoms with Gasteiger partial charge >= 0.3 is 0 Å². The predicted octanol–water partition coefficient (Wildman–Crippen LogP) is 2.26. The lowest BCUT2D eigenvalue weighted by Crippen LogP contribution is -2.33. The first kappa shape index (κ1) is 14.4. The molecule has 96 valence electrons. The molecule has 2 N–H and O–H groups in total. The van der Waals surface area contributed by atoms with E-state index in [-0.39, 0.29) is 12.6 Å². The average molecular weight is 260 g/mol. The summed E-state index contributed by atoms with van der Waals surface area (Å²) in [6.07, 6.45) is 2.01. The molecule has 0 aromatic heterocycles. The topological polar surface area (TPSA) is 29.3 Å². The van der Waals surface area contributed by atoms with Gasteiger partial charge < -0.3 is 5.73 Å². The summed E-state index contributed by atoms with van der Waals surface area (Å²) in [5.41, 5.74) is 5.99. The fraction of sp³-hybridized carbons (Fsp3) is 0.500. The molecule has 17 heavy (non-hydrogen) atoms. The van der Waals surface area contributed by atoms with Crippen molar-refractivity contribution >= 4 is 11.8 Å². The molecular formula is C12H18F2N2S. The molecule has 0 heterocycles. The lowest BCUT2D eigenvalue weighted by molar-refractivity contribution is 0.258. The highest BCUT2D eigenvalue weighted by molar-refractivity contribution is 7.98. The molecule has 0 radical (unpaired) electrons. The molecule has 0 aliphatic rings. The van der Waals surface area contributed by atoms with E-state index in [1.807, 2.05) is 18.2 Å². The molecule has 0 saturated heterocycles. The van der Waals surface area contributed by atoms with Gasteiger partial charge in [-0.05, 0) is 19.4 Å². The van der Waals surface area contributed by atoms with Crippen LogP contribution in [-0.4, -0.2) is 37.0 Å². The summed E-state index contributed by atoms with van der Waals surface area (Å²) in [6, 6.07) is 3.94. The second-order valence-corrected chi connectivity index (χ2v) is 4.85. The zero-order valence-electron chi connectivity index (χ0n) is 10.1. The molecule has 1 atom stereocenters. The molecule has 2 nitrogen and oxygen atoms in total. The highest BCUT2D eigenvalue weighted by Crippen LogP contribution is 2.23. The Morgan fingerprint density at radius 2 is 2.12 bits per heavy atom. The van der Waals surface area contributed by atoms with Crippen molar-refractivity contribution in [3.63, 3.8) is 0 Å². The molecule has 0 aliphatic heterocycles. The molecule has 1 rings (SSSR count). The van der Waals surface area contributed by atoms with Crippen LogP contribution in [0, 0.1) is 11.6 Å². The largest absolute Gasteiger partial charge is 0.329 e. The number of halogens is 2. The minimum atomic E-state index is -0.820. The van der Waals surface area contributed by atoms with Crippen molar-refractivity contribution in [3.05, 3.63) is 35.4 Å². The van der Waals surface area contributed by atoms with Crippen LogP contribution in [0.1, 0.15) is 11.6 Å². The monoisotopic (exact) mass is 260 g/mol. The Hall–Kier alpha value is -0.650. The maximum atomic E-state index is 13.7. The van der Waals surface area contributed by atoms with E-state index < -0.39 is 11.6 Å². The van der Waals surface area contributed by atoms with Crippen LogP contribution in [0.25, 0.3) is 0 Å². The second-order valence-electron chi connectivity index (χ2n) is 3.87. The number of nitrogens with zero attached hydrogens (tertiary/aromatic N) is 1. The quantitative estimate of drug-likeness (QED) is 0.850. The van der Waals surface area contributed by atoms with Gasteiger partial charge in [-0.1, -0.05) is 12.1 Å². The molecule has 0 saturated carbocycles. The van der Waals surface area contributed by atoms with E-state index in [9.17, 15) is 8.78 Å². The Balaban J connectivity index is 2.89. The Morgan fingerprint density at radius 3 is 2.71 bits per heavy atom. The van der Waals surface area contributed by atoms with Gasteiger partial charge in [0.25, 0.3) is 0 Å². The third-order valence-electron chi connectivity index (χ3n) is 2.74. The number of hydrogen-bond donors (Lipinski definition) is 1. The molecular weight excluding hydrogens is 242 g/mol. The first-order valence-corrected chi connectivity index (χ1v) is 6.84. The van der Waals surface area contributed by atoms with E-state index >= 15 is 0 Å². The Bertz CT molecular complexity index is 360. The summed E-state index contributed by atoms with van der Waals surface area (Å²) in [5.74, 6) is -0.678. The van der Waals surface area contributed by atoms with Crippen LogP contribution < -0.4 is 5.73 Å². The molecule has 0 fully saturated rings. The third kappa shape index (κ3) is 3.66. The minimum absolute atomic E-state index is 0.269. The molecule has 0 bridgehead atoms. The third-order valence-corrected chi connectivity index (χ3v) is 3.33. The Kier molecular flexibility index (Phi) is 5.88. The van der Waals surface area contributed by atoms with Gasteiger partial charge in [0.2, 0.25) is 0 Å². The van der Waals surface area contributed by atoms with Crippen LogP contribution in [0.5, 0.6) is 0 Å². The van der Waals surface area contributed by atoms with Crippen molar-refractivity contribution in [1.82, 2.24) is 4.90 Å². The molecule has 0 amide bonds. The van der Waals surface area contributed by atoms with Gasteiger partial charge in [-0.3, -0.25) is 4.90 Å². The minimum Gasteiger partial charge on any atom is -0.329 e.